The molecule has 1 rings (SSSR count). The summed E-state index contributed by atoms with van der Waals surface area (Å²) in [4.78, 5) is 23.0. The monoisotopic (exact) mass is 389 g/mol. The highest BCUT2D eigenvalue weighted by atomic mass is 16.5. The van der Waals surface area contributed by atoms with Crippen molar-refractivity contribution in [2.75, 3.05) is 6.61 Å². The van der Waals surface area contributed by atoms with Crippen molar-refractivity contribution in [3.8, 4) is 0 Å². The van der Waals surface area contributed by atoms with Crippen LogP contribution in [0.5, 0.6) is 0 Å². The molecule has 0 saturated heterocycles. The van der Waals surface area contributed by atoms with E-state index in [0.717, 1.165) is 19.3 Å². The summed E-state index contributed by atoms with van der Waals surface area (Å²) < 4.78 is 5.20. The van der Waals surface area contributed by atoms with E-state index < -0.39 is 11.9 Å². The molecular weight excluding hydrogens is 352 g/mol. The highest BCUT2D eigenvalue weighted by Gasteiger charge is 2.12. The molecule has 158 valence electrons. The maximum absolute atomic E-state index is 12.0. The number of hydrogen-bond donors (Lipinski definition) is 0. The van der Waals surface area contributed by atoms with Crippen molar-refractivity contribution >= 4 is 11.9 Å². The third-order valence-corrected chi connectivity index (χ3v) is 5.10. The first-order valence-electron chi connectivity index (χ1n) is 11.1. The van der Waals surface area contributed by atoms with Crippen molar-refractivity contribution in [1.82, 2.24) is 0 Å². The Hall–Kier alpha value is -1.84. The number of carbonyl (C=O) groups excluding carboxylic acids is 2. The maximum atomic E-state index is 12.0. The summed E-state index contributed by atoms with van der Waals surface area (Å²) in [5, 5.41) is 11.0. The summed E-state index contributed by atoms with van der Waals surface area (Å²) >= 11 is 0. The fraction of sp³-hybridized carbons (Fsp3) is 0.667. The molecule has 0 unspecified atom stereocenters. The van der Waals surface area contributed by atoms with E-state index in [2.05, 4.69) is 6.92 Å². The van der Waals surface area contributed by atoms with Gasteiger partial charge in [-0.05, 0) is 12.5 Å². The van der Waals surface area contributed by atoms with Crippen molar-refractivity contribution in [3.05, 3.63) is 35.4 Å². The number of unbranched alkanes of at least 4 members (excludes halogenated alkanes) is 13. The van der Waals surface area contributed by atoms with Crippen LogP contribution < -0.4 is 5.11 Å². The van der Waals surface area contributed by atoms with Crippen LogP contribution in [0.25, 0.3) is 0 Å². The summed E-state index contributed by atoms with van der Waals surface area (Å²) in [5.41, 5.74) is -0.0543. The Morgan fingerprint density at radius 1 is 0.714 bits per heavy atom. The van der Waals surface area contributed by atoms with Gasteiger partial charge in [-0.3, -0.25) is 0 Å². The minimum Gasteiger partial charge on any atom is -0.545 e. The van der Waals surface area contributed by atoms with E-state index in [1.165, 1.54) is 82.8 Å². The zero-order valence-corrected chi connectivity index (χ0v) is 17.5. The second-order valence-electron chi connectivity index (χ2n) is 7.57. The third kappa shape index (κ3) is 11.1. The quantitative estimate of drug-likeness (QED) is 0.254. The van der Waals surface area contributed by atoms with Gasteiger partial charge in [0, 0.05) is 5.56 Å². The number of aromatic carboxylic acids is 1. The first-order valence-corrected chi connectivity index (χ1v) is 11.1. The number of carbonyl (C=O) groups is 2. The van der Waals surface area contributed by atoms with Gasteiger partial charge < -0.3 is 14.6 Å². The zero-order valence-electron chi connectivity index (χ0n) is 17.5. The Kier molecular flexibility index (Phi) is 14.0. The Morgan fingerprint density at radius 2 is 1.14 bits per heavy atom. The third-order valence-electron chi connectivity index (χ3n) is 5.10. The van der Waals surface area contributed by atoms with E-state index in [1.807, 2.05) is 0 Å². The highest BCUT2D eigenvalue weighted by Crippen LogP contribution is 2.13. The van der Waals surface area contributed by atoms with E-state index in [4.69, 9.17) is 4.74 Å². The van der Waals surface area contributed by atoms with Crippen LogP contribution >= 0.6 is 0 Å². The van der Waals surface area contributed by atoms with Crippen LogP contribution in [-0.4, -0.2) is 18.5 Å². The van der Waals surface area contributed by atoms with Gasteiger partial charge in [0.25, 0.3) is 0 Å². The Labute approximate surface area is 170 Å². The van der Waals surface area contributed by atoms with Crippen LogP contribution in [0.2, 0.25) is 0 Å². The fourth-order valence-electron chi connectivity index (χ4n) is 3.38. The minimum absolute atomic E-state index is 0.0628. The molecule has 0 aliphatic heterocycles. The molecule has 0 fully saturated rings. The van der Waals surface area contributed by atoms with Crippen LogP contribution in [0.1, 0.15) is 118 Å². The summed E-state index contributed by atoms with van der Waals surface area (Å²) in [6, 6.07) is 6.00. The normalized spacial score (nSPS) is 10.8. The lowest BCUT2D eigenvalue weighted by Crippen LogP contribution is -2.25. The lowest BCUT2D eigenvalue weighted by Gasteiger charge is -2.10. The number of esters is 1. The number of carboxylic acids is 1. The van der Waals surface area contributed by atoms with Crippen molar-refractivity contribution in [2.45, 2.75) is 96.8 Å². The van der Waals surface area contributed by atoms with Gasteiger partial charge >= 0.3 is 5.97 Å². The molecule has 0 atom stereocenters. The molecule has 1 aromatic rings. The van der Waals surface area contributed by atoms with Gasteiger partial charge in [0.05, 0.1) is 18.1 Å². The van der Waals surface area contributed by atoms with Crippen molar-refractivity contribution in [3.63, 3.8) is 0 Å². The molecule has 0 saturated carbocycles. The van der Waals surface area contributed by atoms with Crippen molar-refractivity contribution in [2.24, 2.45) is 0 Å². The van der Waals surface area contributed by atoms with Crippen LogP contribution in [0, 0.1) is 0 Å². The van der Waals surface area contributed by atoms with Gasteiger partial charge in [-0.15, -0.1) is 0 Å². The summed E-state index contributed by atoms with van der Waals surface area (Å²) in [6.45, 7) is 2.59. The second kappa shape index (κ2) is 16.1. The molecule has 0 spiro atoms. The number of hydrogen-bond acceptors (Lipinski definition) is 4. The highest BCUT2D eigenvalue weighted by molar-refractivity contribution is 6.01. The molecule has 4 heteroatoms. The molecule has 0 amide bonds. The van der Waals surface area contributed by atoms with Gasteiger partial charge in [-0.25, -0.2) is 4.79 Å². The first kappa shape index (κ1) is 24.2. The average Bonchev–Trinajstić information content (AvgIpc) is 2.70. The predicted octanol–water partition coefficient (Wildman–Crippen LogP) is 5.69. The molecule has 0 aliphatic rings. The van der Waals surface area contributed by atoms with Gasteiger partial charge in [0.1, 0.15) is 0 Å². The molecule has 0 radical (unpaired) electrons. The molecule has 0 aromatic heterocycles. The summed E-state index contributed by atoms with van der Waals surface area (Å²) in [5.74, 6) is -1.95. The number of carboxylic acid groups (broad SMARTS) is 1. The van der Waals surface area contributed by atoms with E-state index in [9.17, 15) is 14.7 Å². The standard InChI is InChI=1S/C24H38O4/c1-2-3-4-5-6-7-8-9-10-11-12-13-14-17-20-28-24(27)22-19-16-15-18-21(22)23(25)26/h15-16,18-19H,2-14,17,20H2,1H3,(H,25,26)/p-1. The molecule has 4 nitrogen and oxygen atoms in total. The molecule has 0 N–H and O–H groups in total. The second-order valence-corrected chi connectivity index (χ2v) is 7.57. The van der Waals surface area contributed by atoms with E-state index >= 15 is 0 Å². The molecule has 0 bridgehead atoms. The summed E-state index contributed by atoms with van der Waals surface area (Å²) in [7, 11) is 0. The minimum atomic E-state index is -1.36. The summed E-state index contributed by atoms with van der Waals surface area (Å²) in [6.07, 6.45) is 17.9. The Morgan fingerprint density at radius 3 is 1.61 bits per heavy atom. The van der Waals surface area contributed by atoms with Gasteiger partial charge in [0.15, 0.2) is 0 Å². The van der Waals surface area contributed by atoms with Crippen molar-refractivity contribution < 1.29 is 19.4 Å². The van der Waals surface area contributed by atoms with Crippen LogP contribution in [0.3, 0.4) is 0 Å². The van der Waals surface area contributed by atoms with E-state index in [1.54, 1.807) is 12.1 Å². The Bertz CT molecular complexity index is 553. The fourth-order valence-corrected chi connectivity index (χ4v) is 3.38. The molecule has 0 aliphatic carbocycles. The molecule has 1 aromatic carbocycles. The number of benzene rings is 1. The van der Waals surface area contributed by atoms with Crippen LogP contribution in [0.4, 0.5) is 0 Å². The van der Waals surface area contributed by atoms with Gasteiger partial charge in [-0.1, -0.05) is 109 Å². The van der Waals surface area contributed by atoms with E-state index in [0.29, 0.717) is 6.61 Å². The topological polar surface area (TPSA) is 66.4 Å². The van der Waals surface area contributed by atoms with Crippen LogP contribution in [-0.2, 0) is 4.74 Å². The predicted molar refractivity (Wildman–Crippen MR) is 111 cm³/mol. The lowest BCUT2D eigenvalue weighted by molar-refractivity contribution is -0.255. The first-order chi connectivity index (χ1) is 13.7. The van der Waals surface area contributed by atoms with Gasteiger partial charge in [-0.2, -0.15) is 0 Å². The number of ether oxygens (including phenoxy) is 1. The SMILES string of the molecule is CCCCCCCCCCCCCCCCOC(=O)c1ccccc1C(=O)[O-]. The molecule has 0 heterocycles. The molecular formula is C24H37O4-. The smallest absolute Gasteiger partial charge is 0.338 e. The average molecular weight is 390 g/mol. The maximum Gasteiger partial charge on any atom is 0.338 e. The molecule has 28 heavy (non-hydrogen) atoms. The number of rotatable bonds is 17. The van der Waals surface area contributed by atoms with Crippen molar-refractivity contribution in [1.29, 1.82) is 0 Å². The largest absolute Gasteiger partial charge is 0.545 e. The van der Waals surface area contributed by atoms with Gasteiger partial charge in [0.2, 0.25) is 0 Å². The van der Waals surface area contributed by atoms with E-state index in [-0.39, 0.29) is 11.1 Å². The van der Waals surface area contributed by atoms with Crippen LogP contribution in [0.15, 0.2) is 24.3 Å². The zero-order chi connectivity index (χ0) is 20.5. The Balaban J connectivity index is 1.94. The lowest BCUT2D eigenvalue weighted by atomic mass is 10.0.